The highest BCUT2D eigenvalue weighted by Gasteiger charge is 2.34. The lowest BCUT2D eigenvalue weighted by Gasteiger charge is -2.26. The summed E-state index contributed by atoms with van der Waals surface area (Å²) in [5.74, 6) is -1.12. The number of hydrogen-bond donors (Lipinski definition) is 2. The average molecular weight is 287 g/mol. The number of benzene rings is 2. The normalized spacial score (nSPS) is 14.1. The number of carbonyl (C=O) groups excluding carboxylic acids is 2. The number of aliphatic hydroxyl groups is 2. The van der Waals surface area contributed by atoms with Gasteiger partial charge < -0.3 is 10.2 Å². The Hall–Kier alpha value is -2.28. The second-order valence-corrected chi connectivity index (χ2v) is 4.69. The van der Waals surface area contributed by atoms with Crippen LogP contribution in [-0.2, 0) is 18.1 Å². The Morgan fingerprint density at radius 3 is 2.43 bits per heavy atom. The predicted molar refractivity (Wildman–Crippen MR) is 73.3 cm³/mol. The van der Waals surface area contributed by atoms with Gasteiger partial charge in [0, 0.05) is 5.39 Å². The van der Waals surface area contributed by atoms with Crippen molar-refractivity contribution in [1.82, 2.24) is 5.06 Å². The van der Waals surface area contributed by atoms with Gasteiger partial charge in [-0.05, 0) is 28.6 Å². The van der Waals surface area contributed by atoms with E-state index in [2.05, 4.69) is 0 Å². The van der Waals surface area contributed by atoms with Crippen molar-refractivity contribution in [2.75, 3.05) is 7.11 Å². The minimum atomic E-state index is -0.578. The Morgan fingerprint density at radius 2 is 1.81 bits per heavy atom. The van der Waals surface area contributed by atoms with E-state index in [1.54, 1.807) is 18.2 Å². The first kappa shape index (κ1) is 13.7. The van der Waals surface area contributed by atoms with Crippen LogP contribution < -0.4 is 0 Å². The van der Waals surface area contributed by atoms with Gasteiger partial charge in [-0.3, -0.25) is 14.4 Å². The largest absolute Gasteiger partial charge is 0.392 e. The maximum Gasteiger partial charge on any atom is 0.285 e. The summed E-state index contributed by atoms with van der Waals surface area (Å²) in [6, 6.07) is 6.49. The molecule has 0 saturated carbocycles. The molecule has 1 heterocycles. The van der Waals surface area contributed by atoms with Crippen LogP contribution in [0.4, 0.5) is 0 Å². The Balaban J connectivity index is 2.46. The van der Waals surface area contributed by atoms with Crippen LogP contribution in [0.3, 0.4) is 0 Å². The Bertz CT molecular complexity index is 768. The van der Waals surface area contributed by atoms with Crippen molar-refractivity contribution in [2.24, 2.45) is 0 Å². The second kappa shape index (κ2) is 4.92. The number of carbonyl (C=O) groups is 2. The standard InChI is InChI=1S/C15H13NO5/c1-21-16-14(19)10-4-2-3-9-12(7-18)8(6-17)5-11(13(9)10)15(16)20/h2-5,17-18H,6-7H2,1H3. The number of rotatable bonds is 3. The third-order valence-electron chi connectivity index (χ3n) is 3.71. The molecule has 6 heteroatoms. The molecule has 2 aromatic rings. The summed E-state index contributed by atoms with van der Waals surface area (Å²) in [6.07, 6.45) is 0. The van der Waals surface area contributed by atoms with Crippen molar-refractivity contribution < 1.29 is 24.6 Å². The van der Waals surface area contributed by atoms with E-state index >= 15 is 0 Å². The van der Waals surface area contributed by atoms with Crippen LogP contribution in [0.25, 0.3) is 10.8 Å². The monoisotopic (exact) mass is 287 g/mol. The van der Waals surface area contributed by atoms with Crippen LogP contribution in [0.5, 0.6) is 0 Å². The molecule has 0 unspecified atom stereocenters. The minimum Gasteiger partial charge on any atom is -0.392 e. The van der Waals surface area contributed by atoms with Crippen LogP contribution in [0.2, 0.25) is 0 Å². The zero-order chi connectivity index (χ0) is 15.1. The maximum atomic E-state index is 12.3. The van der Waals surface area contributed by atoms with Gasteiger partial charge in [0.1, 0.15) is 0 Å². The van der Waals surface area contributed by atoms with E-state index in [0.29, 0.717) is 32.5 Å². The number of nitrogens with zero attached hydrogens (tertiary/aromatic N) is 1. The maximum absolute atomic E-state index is 12.3. The fraction of sp³-hybridized carbons (Fsp3) is 0.200. The van der Waals surface area contributed by atoms with Crippen molar-refractivity contribution in [2.45, 2.75) is 13.2 Å². The van der Waals surface area contributed by atoms with E-state index in [4.69, 9.17) is 4.84 Å². The van der Waals surface area contributed by atoms with Crippen LogP contribution >= 0.6 is 0 Å². The van der Waals surface area contributed by atoms with Gasteiger partial charge in [0.15, 0.2) is 0 Å². The second-order valence-electron chi connectivity index (χ2n) is 4.69. The SMILES string of the molecule is CON1C(=O)c2cccc3c(CO)c(CO)cc(c23)C1=O. The molecule has 21 heavy (non-hydrogen) atoms. The quantitative estimate of drug-likeness (QED) is 0.822. The average Bonchev–Trinajstić information content (AvgIpc) is 2.51. The van der Waals surface area contributed by atoms with Gasteiger partial charge in [-0.2, -0.15) is 0 Å². The molecule has 6 nitrogen and oxygen atoms in total. The molecule has 0 spiro atoms. The summed E-state index contributed by atoms with van der Waals surface area (Å²) in [7, 11) is 1.25. The van der Waals surface area contributed by atoms with Crippen molar-refractivity contribution in [3.05, 3.63) is 46.5 Å². The molecule has 108 valence electrons. The molecule has 2 amide bonds. The smallest absolute Gasteiger partial charge is 0.285 e. The molecule has 0 atom stereocenters. The summed E-state index contributed by atoms with van der Waals surface area (Å²) < 4.78 is 0. The summed E-state index contributed by atoms with van der Waals surface area (Å²) in [5.41, 5.74) is 1.59. The van der Waals surface area contributed by atoms with Gasteiger partial charge in [-0.1, -0.05) is 12.1 Å². The fourth-order valence-electron chi connectivity index (χ4n) is 2.75. The van der Waals surface area contributed by atoms with Crippen molar-refractivity contribution in [3.8, 4) is 0 Å². The molecule has 0 fully saturated rings. The molecule has 1 aliphatic heterocycles. The van der Waals surface area contributed by atoms with E-state index < -0.39 is 11.8 Å². The van der Waals surface area contributed by atoms with Crippen LogP contribution in [0.1, 0.15) is 31.8 Å². The van der Waals surface area contributed by atoms with Crippen molar-refractivity contribution >= 4 is 22.6 Å². The summed E-state index contributed by atoms with van der Waals surface area (Å²) in [4.78, 5) is 29.5. The number of amides is 2. The first-order valence-corrected chi connectivity index (χ1v) is 6.36. The molecule has 0 saturated heterocycles. The lowest BCUT2D eigenvalue weighted by molar-refractivity contribution is -0.0689. The van der Waals surface area contributed by atoms with E-state index in [0.717, 1.165) is 0 Å². The molecule has 2 N–H and O–H groups in total. The number of hydroxylamine groups is 2. The lowest BCUT2D eigenvalue weighted by Crippen LogP contribution is -2.39. The summed E-state index contributed by atoms with van der Waals surface area (Å²) >= 11 is 0. The van der Waals surface area contributed by atoms with Gasteiger partial charge in [0.05, 0.1) is 31.5 Å². The van der Waals surface area contributed by atoms with Crippen LogP contribution in [0, 0.1) is 0 Å². The third-order valence-corrected chi connectivity index (χ3v) is 3.71. The molecular weight excluding hydrogens is 274 g/mol. The highest BCUT2D eigenvalue weighted by molar-refractivity contribution is 6.25. The van der Waals surface area contributed by atoms with Crippen molar-refractivity contribution in [1.29, 1.82) is 0 Å². The molecule has 0 bridgehead atoms. The van der Waals surface area contributed by atoms with Gasteiger partial charge in [-0.25, -0.2) is 0 Å². The fourth-order valence-corrected chi connectivity index (χ4v) is 2.75. The first-order chi connectivity index (χ1) is 10.1. The summed E-state index contributed by atoms with van der Waals surface area (Å²) in [5, 5.41) is 20.7. The number of aliphatic hydroxyl groups excluding tert-OH is 2. The molecule has 2 aromatic carbocycles. The molecule has 0 aliphatic carbocycles. The molecule has 0 radical (unpaired) electrons. The number of imide groups is 1. The van der Waals surface area contributed by atoms with Gasteiger partial charge >= 0.3 is 0 Å². The minimum absolute atomic E-state index is 0.281. The van der Waals surface area contributed by atoms with E-state index in [-0.39, 0.29) is 18.8 Å². The number of hydrogen-bond acceptors (Lipinski definition) is 5. The topological polar surface area (TPSA) is 87.1 Å². The van der Waals surface area contributed by atoms with Gasteiger partial charge in [-0.15, -0.1) is 5.06 Å². The highest BCUT2D eigenvalue weighted by atomic mass is 16.7. The molecule has 3 rings (SSSR count). The summed E-state index contributed by atoms with van der Waals surface area (Å²) in [6.45, 7) is -0.593. The van der Waals surface area contributed by atoms with E-state index in [1.807, 2.05) is 0 Å². The Morgan fingerprint density at radius 1 is 1.10 bits per heavy atom. The zero-order valence-electron chi connectivity index (χ0n) is 11.3. The van der Waals surface area contributed by atoms with Gasteiger partial charge in [0.25, 0.3) is 11.8 Å². The van der Waals surface area contributed by atoms with Gasteiger partial charge in [0.2, 0.25) is 0 Å². The van der Waals surface area contributed by atoms with Crippen molar-refractivity contribution in [3.63, 3.8) is 0 Å². The van der Waals surface area contributed by atoms with Crippen LogP contribution in [0.15, 0.2) is 24.3 Å². The predicted octanol–water partition coefficient (Wildman–Crippen LogP) is 0.982. The molecule has 1 aliphatic rings. The molecular formula is C15H13NO5. The highest BCUT2D eigenvalue weighted by Crippen LogP contribution is 2.34. The molecule has 0 aromatic heterocycles. The lowest BCUT2D eigenvalue weighted by atomic mass is 9.89. The van der Waals surface area contributed by atoms with Crippen LogP contribution in [-0.4, -0.2) is 34.2 Å². The Labute approximate surface area is 120 Å². The first-order valence-electron chi connectivity index (χ1n) is 6.36. The third kappa shape index (κ3) is 1.77. The van der Waals surface area contributed by atoms with E-state index in [9.17, 15) is 19.8 Å². The zero-order valence-corrected chi connectivity index (χ0v) is 11.3. The Kier molecular flexibility index (Phi) is 3.21. The van der Waals surface area contributed by atoms with E-state index in [1.165, 1.54) is 13.2 Å².